The summed E-state index contributed by atoms with van der Waals surface area (Å²) in [6.45, 7) is 10.9. The van der Waals surface area contributed by atoms with E-state index >= 15 is 0 Å². The van der Waals surface area contributed by atoms with E-state index in [1.165, 1.54) is 7.11 Å². The topological polar surface area (TPSA) is 108 Å². The van der Waals surface area contributed by atoms with E-state index in [0.717, 1.165) is 49.7 Å². The van der Waals surface area contributed by atoms with Crippen LogP contribution in [0.15, 0.2) is 48.6 Å². The molecular weight excluding hydrogens is 540 g/mol. The van der Waals surface area contributed by atoms with E-state index in [4.69, 9.17) is 4.74 Å². The first kappa shape index (κ1) is 35.5. The molecule has 0 aliphatic carbocycles. The summed E-state index contributed by atoms with van der Waals surface area (Å²) >= 11 is 0. The molecule has 0 atom stereocenters. The summed E-state index contributed by atoms with van der Waals surface area (Å²) in [6, 6.07) is 7.03. The van der Waals surface area contributed by atoms with E-state index in [9.17, 15) is 19.8 Å². The predicted molar refractivity (Wildman–Crippen MR) is 175 cm³/mol. The molecule has 0 aliphatic heterocycles. The molecule has 0 heterocycles. The van der Waals surface area contributed by atoms with Crippen molar-refractivity contribution in [3.05, 3.63) is 65.3 Å². The quantitative estimate of drug-likeness (QED) is 0.104. The van der Waals surface area contributed by atoms with Crippen molar-refractivity contribution in [3.63, 3.8) is 0 Å². The number of rotatable bonds is 18. The van der Waals surface area contributed by atoms with Crippen molar-refractivity contribution in [2.75, 3.05) is 7.11 Å². The van der Waals surface area contributed by atoms with Gasteiger partial charge in [-0.25, -0.2) is 0 Å². The number of nitrogens with one attached hydrogen (secondary N) is 2. The SMILES string of the molecule is COc1cc(CNC(=O)CCCC/C=C/C(C)C)cc(-c2cc(CNC(=O)CCCC/C=C/C(C)C)cc(C)c2O)c1O. The van der Waals surface area contributed by atoms with Gasteiger partial charge in [-0.3, -0.25) is 9.59 Å². The van der Waals surface area contributed by atoms with E-state index < -0.39 is 0 Å². The monoisotopic (exact) mass is 592 g/mol. The Bertz CT molecular complexity index is 1250. The Morgan fingerprint density at radius 3 is 1.67 bits per heavy atom. The first-order valence-electron chi connectivity index (χ1n) is 15.6. The Balaban J connectivity index is 2.06. The highest BCUT2D eigenvalue weighted by atomic mass is 16.5. The van der Waals surface area contributed by atoms with E-state index in [1.807, 2.05) is 6.07 Å². The number of phenols is 2. The lowest BCUT2D eigenvalue weighted by atomic mass is 9.96. The molecule has 7 nitrogen and oxygen atoms in total. The molecule has 0 aromatic heterocycles. The molecular formula is C36H52N2O5. The Hall–Kier alpha value is -3.74. The summed E-state index contributed by atoms with van der Waals surface area (Å²) in [5.41, 5.74) is 2.98. The van der Waals surface area contributed by atoms with Crippen LogP contribution in [-0.4, -0.2) is 29.1 Å². The maximum atomic E-state index is 12.5. The molecule has 0 spiro atoms. The Morgan fingerprint density at radius 2 is 1.21 bits per heavy atom. The number of allylic oxidation sites excluding steroid dienone is 4. The molecule has 2 rings (SSSR count). The van der Waals surface area contributed by atoms with Crippen LogP contribution in [0.3, 0.4) is 0 Å². The van der Waals surface area contributed by atoms with Gasteiger partial charge in [0.25, 0.3) is 0 Å². The van der Waals surface area contributed by atoms with Crippen molar-refractivity contribution in [1.82, 2.24) is 10.6 Å². The summed E-state index contributed by atoms with van der Waals surface area (Å²) in [5.74, 6) is 1.20. The third-order valence-electron chi connectivity index (χ3n) is 7.08. The third kappa shape index (κ3) is 13.0. The molecule has 2 aromatic rings. The summed E-state index contributed by atoms with van der Waals surface area (Å²) in [6.07, 6.45) is 15.1. The van der Waals surface area contributed by atoms with Crippen LogP contribution in [0.5, 0.6) is 17.2 Å². The molecule has 2 aromatic carbocycles. The first-order chi connectivity index (χ1) is 20.5. The van der Waals surface area contributed by atoms with Crippen LogP contribution in [0.4, 0.5) is 0 Å². The number of aromatic hydroxyl groups is 2. The largest absolute Gasteiger partial charge is 0.507 e. The summed E-state index contributed by atoms with van der Waals surface area (Å²) in [7, 11) is 1.46. The van der Waals surface area contributed by atoms with Crippen LogP contribution in [0.2, 0.25) is 0 Å². The van der Waals surface area contributed by atoms with Gasteiger partial charge in [0.15, 0.2) is 11.5 Å². The molecule has 0 saturated heterocycles. The van der Waals surface area contributed by atoms with Crippen LogP contribution in [0, 0.1) is 18.8 Å². The number of phenolic OH excluding ortho intramolecular Hbond substituents is 2. The van der Waals surface area contributed by atoms with Crippen LogP contribution in [0.25, 0.3) is 11.1 Å². The first-order valence-corrected chi connectivity index (χ1v) is 15.6. The van der Waals surface area contributed by atoms with Gasteiger partial charge in [0, 0.05) is 37.1 Å². The lowest BCUT2D eigenvalue weighted by Gasteiger charge is -2.16. The number of amides is 2. The smallest absolute Gasteiger partial charge is 0.220 e. The normalized spacial score (nSPS) is 11.6. The van der Waals surface area contributed by atoms with Crippen LogP contribution in [0.1, 0.15) is 95.8 Å². The minimum Gasteiger partial charge on any atom is -0.507 e. The highest BCUT2D eigenvalue weighted by molar-refractivity contribution is 5.81. The van der Waals surface area contributed by atoms with Gasteiger partial charge in [0.05, 0.1) is 7.11 Å². The molecule has 236 valence electrons. The molecule has 0 unspecified atom stereocenters. The van der Waals surface area contributed by atoms with Crippen LogP contribution < -0.4 is 15.4 Å². The van der Waals surface area contributed by atoms with Crippen molar-refractivity contribution in [1.29, 1.82) is 0 Å². The van der Waals surface area contributed by atoms with Crippen LogP contribution in [-0.2, 0) is 22.7 Å². The van der Waals surface area contributed by atoms with Gasteiger partial charge in [0.1, 0.15) is 5.75 Å². The Kier molecular flexibility index (Phi) is 15.4. The minimum absolute atomic E-state index is 0.0191. The van der Waals surface area contributed by atoms with Gasteiger partial charge in [-0.1, -0.05) is 58.1 Å². The van der Waals surface area contributed by atoms with Gasteiger partial charge in [-0.15, -0.1) is 0 Å². The van der Waals surface area contributed by atoms with Crippen molar-refractivity contribution < 1.29 is 24.5 Å². The molecule has 0 fully saturated rings. The van der Waals surface area contributed by atoms with Crippen molar-refractivity contribution in [2.45, 2.75) is 99.1 Å². The zero-order valence-corrected chi connectivity index (χ0v) is 27.0. The van der Waals surface area contributed by atoms with Crippen molar-refractivity contribution in [3.8, 4) is 28.4 Å². The zero-order chi connectivity index (χ0) is 31.8. The second-order valence-corrected chi connectivity index (χ2v) is 11.9. The lowest BCUT2D eigenvalue weighted by Crippen LogP contribution is -2.22. The standard InChI is InChI=1S/C36H52N2O5/c1-25(2)15-11-7-9-13-17-33(39)37-23-28-19-27(5)35(41)30(20-28)31-21-29(22-32(43-6)36(31)42)24-38-34(40)18-14-10-8-12-16-26(3)4/h11-12,15-16,19-22,25-26,41-42H,7-10,13-14,17-18,23-24H2,1-6H3,(H,37,39)(H,38,40)/b15-11+,16-12+. The zero-order valence-electron chi connectivity index (χ0n) is 27.0. The van der Waals surface area contributed by atoms with E-state index in [0.29, 0.717) is 47.9 Å². The number of carbonyl (C=O) groups excluding carboxylic acids is 2. The van der Waals surface area contributed by atoms with Gasteiger partial charge in [-0.05, 0) is 92.2 Å². The number of hydrogen-bond acceptors (Lipinski definition) is 5. The van der Waals surface area contributed by atoms with Crippen molar-refractivity contribution >= 4 is 11.8 Å². The van der Waals surface area contributed by atoms with E-state index in [1.54, 1.807) is 25.1 Å². The minimum atomic E-state index is -0.102. The van der Waals surface area contributed by atoms with Crippen molar-refractivity contribution in [2.24, 2.45) is 11.8 Å². The average Bonchev–Trinajstić information content (AvgIpc) is 2.96. The second kappa shape index (κ2) is 18.7. The molecule has 4 N–H and O–H groups in total. The fraction of sp³-hybridized carbons (Fsp3) is 0.500. The van der Waals surface area contributed by atoms with Gasteiger partial charge >= 0.3 is 0 Å². The molecule has 0 radical (unpaired) electrons. The number of hydrogen-bond donors (Lipinski definition) is 4. The number of methoxy groups -OCH3 is 1. The Morgan fingerprint density at radius 1 is 0.744 bits per heavy atom. The fourth-order valence-corrected chi connectivity index (χ4v) is 4.70. The highest BCUT2D eigenvalue weighted by Gasteiger charge is 2.18. The van der Waals surface area contributed by atoms with Crippen LogP contribution >= 0.6 is 0 Å². The maximum Gasteiger partial charge on any atom is 0.220 e. The maximum absolute atomic E-state index is 12.5. The molecule has 0 saturated carbocycles. The molecule has 43 heavy (non-hydrogen) atoms. The van der Waals surface area contributed by atoms with E-state index in [-0.39, 0.29) is 35.6 Å². The molecule has 2 amide bonds. The Labute approximate surface area is 258 Å². The number of unbranched alkanes of at least 4 members (excludes halogenated alkanes) is 4. The molecule has 0 aliphatic rings. The van der Waals surface area contributed by atoms with E-state index in [2.05, 4.69) is 62.6 Å². The van der Waals surface area contributed by atoms with Gasteiger partial charge in [-0.2, -0.15) is 0 Å². The average molecular weight is 593 g/mol. The number of benzene rings is 2. The molecule has 7 heteroatoms. The summed E-state index contributed by atoms with van der Waals surface area (Å²) in [4.78, 5) is 24.9. The number of carbonyl (C=O) groups is 2. The molecule has 0 bridgehead atoms. The van der Waals surface area contributed by atoms with Gasteiger partial charge in [0.2, 0.25) is 11.8 Å². The van der Waals surface area contributed by atoms with Gasteiger partial charge < -0.3 is 25.6 Å². The summed E-state index contributed by atoms with van der Waals surface area (Å²) < 4.78 is 5.41. The lowest BCUT2D eigenvalue weighted by molar-refractivity contribution is -0.122. The second-order valence-electron chi connectivity index (χ2n) is 11.9. The predicted octanol–water partition coefficient (Wildman–Crippen LogP) is 7.86. The number of aryl methyl sites for hydroxylation is 1. The fourth-order valence-electron chi connectivity index (χ4n) is 4.70. The number of ether oxygens (including phenoxy) is 1. The highest BCUT2D eigenvalue weighted by Crippen LogP contribution is 2.43. The third-order valence-corrected chi connectivity index (χ3v) is 7.08. The summed E-state index contributed by atoms with van der Waals surface area (Å²) in [5, 5.41) is 27.8.